The Balaban J connectivity index is 1.85. The molecule has 0 saturated heterocycles. The SMILES string of the molecule is CCOCCCNC(N)=NCC1CC(=O)Nc2ccccc21. The predicted octanol–water partition coefficient (Wildman–Crippen LogP) is 1.44. The summed E-state index contributed by atoms with van der Waals surface area (Å²) in [4.78, 5) is 16.1. The van der Waals surface area contributed by atoms with Crippen LogP contribution in [0.2, 0.25) is 0 Å². The van der Waals surface area contributed by atoms with Gasteiger partial charge >= 0.3 is 0 Å². The first kappa shape index (κ1) is 16.3. The highest BCUT2D eigenvalue weighted by Crippen LogP contribution is 2.31. The van der Waals surface area contributed by atoms with Crippen LogP contribution in [0.5, 0.6) is 0 Å². The monoisotopic (exact) mass is 304 g/mol. The summed E-state index contributed by atoms with van der Waals surface area (Å²) in [5.74, 6) is 0.524. The van der Waals surface area contributed by atoms with E-state index in [4.69, 9.17) is 10.5 Å². The van der Waals surface area contributed by atoms with Gasteiger partial charge in [-0.3, -0.25) is 9.79 Å². The van der Waals surface area contributed by atoms with Crippen LogP contribution in [0.4, 0.5) is 5.69 Å². The van der Waals surface area contributed by atoms with Crippen LogP contribution in [-0.2, 0) is 9.53 Å². The highest BCUT2D eigenvalue weighted by atomic mass is 16.5. The summed E-state index contributed by atoms with van der Waals surface area (Å²) in [5, 5.41) is 5.95. The number of ether oxygens (including phenoxy) is 1. The van der Waals surface area contributed by atoms with Gasteiger partial charge in [-0.05, 0) is 25.0 Å². The number of anilines is 1. The molecule has 0 radical (unpaired) electrons. The van der Waals surface area contributed by atoms with Gasteiger partial charge in [-0.1, -0.05) is 18.2 Å². The normalized spacial score (nSPS) is 17.8. The maximum Gasteiger partial charge on any atom is 0.225 e. The molecule has 1 aliphatic heterocycles. The number of nitrogens with zero attached hydrogens (tertiary/aromatic N) is 1. The third-order valence-electron chi connectivity index (χ3n) is 3.56. The van der Waals surface area contributed by atoms with Gasteiger partial charge in [0.25, 0.3) is 0 Å². The number of fused-ring (bicyclic) bond motifs is 1. The highest BCUT2D eigenvalue weighted by Gasteiger charge is 2.24. The summed E-state index contributed by atoms with van der Waals surface area (Å²) < 4.78 is 5.26. The molecule has 1 aromatic rings. The number of nitrogens with one attached hydrogen (secondary N) is 2. The summed E-state index contributed by atoms with van der Waals surface area (Å²) >= 11 is 0. The average Bonchev–Trinajstić information content (AvgIpc) is 2.52. The topological polar surface area (TPSA) is 88.7 Å². The van der Waals surface area contributed by atoms with Crippen LogP contribution in [0.25, 0.3) is 0 Å². The Morgan fingerprint density at radius 1 is 1.50 bits per heavy atom. The van der Waals surface area contributed by atoms with E-state index < -0.39 is 0 Å². The number of aliphatic imine (C=N–C) groups is 1. The minimum atomic E-state index is 0.0298. The molecule has 1 heterocycles. The number of rotatable bonds is 7. The summed E-state index contributed by atoms with van der Waals surface area (Å²) in [5.41, 5.74) is 7.86. The predicted molar refractivity (Wildman–Crippen MR) is 88.0 cm³/mol. The first-order valence-corrected chi connectivity index (χ1v) is 7.71. The van der Waals surface area contributed by atoms with E-state index in [9.17, 15) is 4.79 Å². The molecule has 0 aromatic heterocycles. The van der Waals surface area contributed by atoms with Crippen LogP contribution in [0.1, 0.15) is 31.2 Å². The van der Waals surface area contributed by atoms with Crippen LogP contribution < -0.4 is 16.4 Å². The Bertz CT molecular complexity index is 531. The lowest BCUT2D eigenvalue weighted by atomic mass is 9.91. The molecule has 0 saturated carbocycles. The zero-order valence-electron chi connectivity index (χ0n) is 13.0. The standard InChI is InChI=1S/C16H24N4O2/c1-2-22-9-5-8-18-16(17)19-11-12-10-15(21)20-14-7-4-3-6-13(12)14/h3-4,6-7,12H,2,5,8-11H2,1H3,(H,20,21)(H3,17,18,19). The van der Waals surface area contributed by atoms with Crippen LogP contribution >= 0.6 is 0 Å². The van der Waals surface area contributed by atoms with Crippen LogP contribution in [0, 0.1) is 0 Å². The molecule has 1 atom stereocenters. The van der Waals surface area contributed by atoms with Gasteiger partial charge in [0.15, 0.2) is 5.96 Å². The molecule has 1 amide bonds. The fraction of sp³-hybridized carbons (Fsp3) is 0.500. The summed E-state index contributed by atoms with van der Waals surface area (Å²) in [7, 11) is 0. The molecule has 1 unspecified atom stereocenters. The van der Waals surface area contributed by atoms with Gasteiger partial charge in [-0.25, -0.2) is 0 Å². The molecule has 0 fully saturated rings. The Kier molecular flexibility index (Phi) is 6.21. The van der Waals surface area contributed by atoms with Gasteiger partial charge in [0.05, 0.1) is 6.54 Å². The number of guanidine groups is 1. The molecule has 4 N–H and O–H groups in total. The van der Waals surface area contributed by atoms with Gasteiger partial charge in [-0.15, -0.1) is 0 Å². The van der Waals surface area contributed by atoms with E-state index in [-0.39, 0.29) is 11.8 Å². The van der Waals surface area contributed by atoms with Crippen LogP contribution in [-0.4, -0.2) is 38.2 Å². The number of para-hydroxylation sites is 1. The second-order valence-electron chi connectivity index (χ2n) is 5.24. The molecule has 0 spiro atoms. The van der Waals surface area contributed by atoms with Gasteiger partial charge < -0.3 is 21.1 Å². The van der Waals surface area contributed by atoms with Crippen molar-refractivity contribution in [3.05, 3.63) is 29.8 Å². The van der Waals surface area contributed by atoms with Crippen molar-refractivity contribution in [3.63, 3.8) is 0 Å². The quantitative estimate of drug-likeness (QED) is 0.404. The largest absolute Gasteiger partial charge is 0.382 e. The van der Waals surface area contributed by atoms with E-state index in [0.29, 0.717) is 25.5 Å². The van der Waals surface area contributed by atoms with Crippen LogP contribution in [0.15, 0.2) is 29.3 Å². The highest BCUT2D eigenvalue weighted by molar-refractivity contribution is 5.94. The number of benzene rings is 1. The molecular weight excluding hydrogens is 280 g/mol. The molecule has 0 aliphatic carbocycles. The number of nitrogens with two attached hydrogens (primary N) is 1. The minimum absolute atomic E-state index is 0.0298. The van der Waals surface area contributed by atoms with Crippen molar-refractivity contribution in [2.45, 2.75) is 25.7 Å². The second kappa shape index (κ2) is 8.38. The summed E-state index contributed by atoms with van der Waals surface area (Å²) in [6, 6.07) is 7.83. The average molecular weight is 304 g/mol. The molecule has 2 rings (SSSR count). The van der Waals surface area contributed by atoms with Gasteiger partial charge in [0.2, 0.25) is 5.91 Å². The molecule has 0 bridgehead atoms. The molecule has 6 nitrogen and oxygen atoms in total. The van der Waals surface area contributed by atoms with E-state index in [1.807, 2.05) is 31.2 Å². The molecule has 22 heavy (non-hydrogen) atoms. The number of hydrogen-bond acceptors (Lipinski definition) is 3. The lowest BCUT2D eigenvalue weighted by molar-refractivity contribution is -0.116. The van der Waals surface area contributed by atoms with E-state index in [0.717, 1.165) is 30.8 Å². The van der Waals surface area contributed by atoms with Gasteiger partial charge in [0, 0.05) is 37.8 Å². The zero-order chi connectivity index (χ0) is 15.8. The van der Waals surface area contributed by atoms with Crippen molar-refractivity contribution in [1.82, 2.24) is 5.32 Å². The molecule has 120 valence electrons. The molecular formula is C16H24N4O2. The van der Waals surface area contributed by atoms with Crippen molar-refractivity contribution in [2.75, 3.05) is 31.6 Å². The van der Waals surface area contributed by atoms with E-state index >= 15 is 0 Å². The van der Waals surface area contributed by atoms with Crippen molar-refractivity contribution < 1.29 is 9.53 Å². The Hall–Kier alpha value is -2.08. The van der Waals surface area contributed by atoms with Crippen molar-refractivity contribution in [3.8, 4) is 0 Å². The lowest BCUT2D eigenvalue weighted by Gasteiger charge is -2.24. The third-order valence-corrected chi connectivity index (χ3v) is 3.56. The number of amides is 1. The zero-order valence-corrected chi connectivity index (χ0v) is 13.0. The van der Waals surface area contributed by atoms with E-state index in [2.05, 4.69) is 15.6 Å². The third kappa shape index (κ3) is 4.73. The van der Waals surface area contributed by atoms with Crippen molar-refractivity contribution >= 4 is 17.6 Å². The lowest BCUT2D eigenvalue weighted by Crippen LogP contribution is -2.34. The van der Waals surface area contributed by atoms with Crippen molar-refractivity contribution in [1.29, 1.82) is 0 Å². The maximum atomic E-state index is 11.7. The first-order chi connectivity index (χ1) is 10.7. The van der Waals surface area contributed by atoms with Crippen LogP contribution in [0.3, 0.4) is 0 Å². The fourth-order valence-electron chi connectivity index (χ4n) is 2.46. The fourth-order valence-corrected chi connectivity index (χ4v) is 2.46. The number of carbonyl (C=O) groups is 1. The first-order valence-electron chi connectivity index (χ1n) is 7.71. The Morgan fingerprint density at radius 2 is 2.32 bits per heavy atom. The van der Waals surface area contributed by atoms with E-state index in [1.165, 1.54) is 0 Å². The summed E-state index contributed by atoms with van der Waals surface area (Å²) in [6.45, 7) is 4.66. The number of carbonyl (C=O) groups excluding carboxylic acids is 1. The Labute approximate surface area is 131 Å². The second-order valence-corrected chi connectivity index (χ2v) is 5.24. The summed E-state index contributed by atoms with van der Waals surface area (Å²) in [6.07, 6.45) is 1.33. The Morgan fingerprint density at radius 3 is 3.14 bits per heavy atom. The molecule has 6 heteroatoms. The van der Waals surface area contributed by atoms with Gasteiger partial charge in [0.1, 0.15) is 0 Å². The van der Waals surface area contributed by atoms with E-state index in [1.54, 1.807) is 0 Å². The van der Waals surface area contributed by atoms with Gasteiger partial charge in [-0.2, -0.15) is 0 Å². The van der Waals surface area contributed by atoms with Crippen molar-refractivity contribution in [2.24, 2.45) is 10.7 Å². The molecule has 1 aromatic carbocycles. The number of hydrogen-bond donors (Lipinski definition) is 3. The smallest absolute Gasteiger partial charge is 0.225 e. The minimum Gasteiger partial charge on any atom is -0.382 e. The maximum absolute atomic E-state index is 11.7. The molecule has 1 aliphatic rings.